The van der Waals surface area contributed by atoms with Gasteiger partial charge in [0.25, 0.3) is 0 Å². The maximum Gasteiger partial charge on any atom is 0.227 e. The lowest BCUT2D eigenvalue weighted by Gasteiger charge is -2.26. The fourth-order valence-electron chi connectivity index (χ4n) is 8.98. The molecule has 0 fully saturated rings. The third-order valence-corrected chi connectivity index (χ3v) is 11.9. The summed E-state index contributed by atoms with van der Waals surface area (Å²) in [6, 6.07) is 76.9. The summed E-state index contributed by atoms with van der Waals surface area (Å²) in [6.07, 6.45) is 0. The first-order chi connectivity index (χ1) is 30.2. The van der Waals surface area contributed by atoms with E-state index in [1.54, 1.807) is 0 Å². The fraction of sp³-hybridized carbons (Fsp3) is 0. The van der Waals surface area contributed by atoms with Crippen LogP contribution in [-0.4, -0.2) is 4.98 Å². The van der Waals surface area contributed by atoms with Crippen molar-refractivity contribution in [2.75, 3.05) is 4.90 Å². The third kappa shape index (κ3) is 5.96. The number of benzene rings is 10. The second-order valence-corrected chi connectivity index (χ2v) is 15.5. The van der Waals surface area contributed by atoms with Gasteiger partial charge in [0.1, 0.15) is 16.7 Å². The lowest BCUT2D eigenvalue weighted by molar-refractivity contribution is 0.620. The maximum absolute atomic E-state index is 7.11. The summed E-state index contributed by atoms with van der Waals surface area (Å²) < 4.78 is 13.4. The fourth-order valence-corrected chi connectivity index (χ4v) is 8.98. The van der Waals surface area contributed by atoms with Crippen molar-refractivity contribution in [3.63, 3.8) is 0 Å². The van der Waals surface area contributed by atoms with Crippen molar-refractivity contribution in [2.45, 2.75) is 0 Å². The lowest BCUT2D eigenvalue weighted by atomic mass is 9.91. The van der Waals surface area contributed by atoms with E-state index >= 15 is 0 Å². The Balaban J connectivity index is 1.03. The molecule has 0 saturated carbocycles. The first-order valence-corrected chi connectivity index (χ1v) is 20.6. The highest BCUT2D eigenvalue weighted by Gasteiger charge is 2.22. The summed E-state index contributed by atoms with van der Waals surface area (Å²) in [5.41, 5.74) is 14.2. The zero-order valence-electron chi connectivity index (χ0n) is 33.0. The largest absolute Gasteiger partial charge is 0.455 e. The quantitative estimate of drug-likeness (QED) is 0.162. The summed E-state index contributed by atoms with van der Waals surface area (Å²) in [6.45, 7) is 0. The molecule has 61 heavy (non-hydrogen) atoms. The van der Waals surface area contributed by atoms with E-state index in [0.717, 1.165) is 88.3 Å². The van der Waals surface area contributed by atoms with Crippen molar-refractivity contribution in [3.8, 4) is 44.8 Å². The van der Waals surface area contributed by atoms with Gasteiger partial charge in [0.05, 0.1) is 0 Å². The molecular formula is C57H36N2O2. The average Bonchev–Trinajstić information content (AvgIpc) is 3.94. The van der Waals surface area contributed by atoms with E-state index < -0.39 is 0 Å². The Bertz CT molecular complexity index is 3450. The number of oxazole rings is 1. The maximum atomic E-state index is 7.11. The molecule has 4 heteroatoms. The zero-order valence-corrected chi connectivity index (χ0v) is 33.0. The second kappa shape index (κ2) is 14.3. The molecule has 4 nitrogen and oxygen atoms in total. The zero-order chi connectivity index (χ0) is 40.3. The minimum atomic E-state index is 0.609. The predicted molar refractivity (Wildman–Crippen MR) is 253 cm³/mol. The Kier molecular flexibility index (Phi) is 8.13. The van der Waals surface area contributed by atoms with Gasteiger partial charge in [-0.3, -0.25) is 0 Å². The van der Waals surface area contributed by atoms with Gasteiger partial charge in [-0.2, -0.15) is 0 Å². The first-order valence-electron chi connectivity index (χ1n) is 20.6. The molecule has 0 saturated heterocycles. The molecule has 0 aliphatic carbocycles. The van der Waals surface area contributed by atoms with Gasteiger partial charge in [-0.15, -0.1) is 0 Å². The standard InChI is InChI=1S/C57H36N2O2/c1-3-13-37(14-4-1)39-23-27-42(28-24-39)59(43-29-25-40(26-30-43)38-15-5-2-6-16-38)44-31-32-50-54(36-44)60-56-51(35-41-17-7-8-18-45(41)55(50)56)48-33-34-49(47-20-10-9-19-46(47)48)57-58-52-21-11-12-22-53(52)61-57/h1-36H. The normalized spacial score (nSPS) is 11.6. The van der Waals surface area contributed by atoms with E-state index in [1.165, 1.54) is 22.3 Å². The van der Waals surface area contributed by atoms with Gasteiger partial charge in [-0.25, -0.2) is 4.98 Å². The van der Waals surface area contributed by atoms with E-state index in [-0.39, 0.29) is 0 Å². The molecule has 0 radical (unpaired) electrons. The van der Waals surface area contributed by atoms with Crippen LogP contribution in [0.2, 0.25) is 0 Å². The van der Waals surface area contributed by atoms with Crippen LogP contribution in [-0.2, 0) is 0 Å². The predicted octanol–water partition coefficient (Wildman–Crippen LogP) is 16.2. The van der Waals surface area contributed by atoms with Gasteiger partial charge >= 0.3 is 0 Å². The molecule has 0 unspecified atom stereocenters. The molecule has 2 aromatic heterocycles. The van der Waals surface area contributed by atoms with E-state index in [2.05, 4.69) is 199 Å². The van der Waals surface area contributed by atoms with Gasteiger partial charge in [0, 0.05) is 45.0 Å². The highest BCUT2D eigenvalue weighted by molar-refractivity contribution is 6.24. The number of aromatic nitrogens is 1. The van der Waals surface area contributed by atoms with Gasteiger partial charge in [0.2, 0.25) is 5.89 Å². The van der Waals surface area contributed by atoms with E-state index in [1.807, 2.05) is 24.3 Å². The number of rotatable bonds is 7. The van der Waals surface area contributed by atoms with Crippen molar-refractivity contribution < 1.29 is 8.83 Å². The summed E-state index contributed by atoms with van der Waals surface area (Å²) in [5.74, 6) is 0.609. The van der Waals surface area contributed by atoms with Crippen LogP contribution < -0.4 is 4.90 Å². The van der Waals surface area contributed by atoms with Crippen molar-refractivity contribution in [1.82, 2.24) is 4.98 Å². The van der Waals surface area contributed by atoms with Gasteiger partial charge < -0.3 is 13.7 Å². The summed E-state index contributed by atoms with van der Waals surface area (Å²) in [4.78, 5) is 7.18. The number of hydrogen-bond acceptors (Lipinski definition) is 4. The Morgan fingerprint density at radius 3 is 1.56 bits per heavy atom. The molecule has 12 aromatic rings. The SMILES string of the molecule is c1ccc(-c2ccc(N(c3ccc(-c4ccccc4)cc3)c3ccc4c(c3)oc3c(-c5ccc(-c6nc7ccccc7o6)c6ccccc56)cc5ccccc5c34)cc2)cc1. The second-order valence-electron chi connectivity index (χ2n) is 15.5. The van der Waals surface area contributed by atoms with Crippen LogP contribution in [0, 0.1) is 0 Å². The van der Waals surface area contributed by atoms with Crippen molar-refractivity contribution >= 4 is 71.6 Å². The first kappa shape index (κ1) is 34.8. The molecule has 0 aliphatic rings. The van der Waals surface area contributed by atoms with Crippen LogP contribution in [0.3, 0.4) is 0 Å². The number of nitrogens with zero attached hydrogens (tertiary/aromatic N) is 2. The van der Waals surface area contributed by atoms with Crippen LogP contribution in [0.15, 0.2) is 227 Å². The molecule has 0 atom stereocenters. The summed E-state index contributed by atoms with van der Waals surface area (Å²) >= 11 is 0. The van der Waals surface area contributed by atoms with E-state index in [9.17, 15) is 0 Å². The molecule has 0 aliphatic heterocycles. The Morgan fingerprint density at radius 1 is 0.344 bits per heavy atom. The Labute approximate surface area is 352 Å². The summed E-state index contributed by atoms with van der Waals surface area (Å²) in [7, 11) is 0. The topological polar surface area (TPSA) is 42.4 Å². The summed E-state index contributed by atoms with van der Waals surface area (Å²) in [5, 5.41) is 6.66. The molecule has 0 N–H and O–H groups in total. The van der Waals surface area contributed by atoms with Gasteiger partial charge in [0.15, 0.2) is 5.58 Å². The van der Waals surface area contributed by atoms with Crippen LogP contribution in [0.1, 0.15) is 0 Å². The Morgan fingerprint density at radius 2 is 0.885 bits per heavy atom. The Hall–Kier alpha value is -8.21. The number of furan rings is 1. The van der Waals surface area contributed by atoms with Gasteiger partial charge in [-0.1, -0.05) is 152 Å². The minimum absolute atomic E-state index is 0.609. The van der Waals surface area contributed by atoms with Crippen molar-refractivity contribution in [3.05, 3.63) is 218 Å². The number of hydrogen-bond donors (Lipinski definition) is 0. The average molecular weight is 781 g/mol. The van der Waals surface area contributed by atoms with Crippen molar-refractivity contribution in [2.24, 2.45) is 0 Å². The number of anilines is 3. The highest BCUT2D eigenvalue weighted by atomic mass is 16.3. The molecular weight excluding hydrogens is 745 g/mol. The van der Waals surface area contributed by atoms with Gasteiger partial charge in [-0.05, 0) is 110 Å². The minimum Gasteiger partial charge on any atom is -0.455 e. The molecule has 12 rings (SSSR count). The van der Waals surface area contributed by atoms with Crippen LogP contribution >= 0.6 is 0 Å². The molecule has 0 bridgehead atoms. The molecule has 0 amide bonds. The number of fused-ring (bicyclic) bond motifs is 7. The monoisotopic (exact) mass is 780 g/mol. The van der Waals surface area contributed by atoms with E-state index in [0.29, 0.717) is 5.89 Å². The van der Waals surface area contributed by atoms with Crippen LogP contribution in [0.5, 0.6) is 0 Å². The van der Waals surface area contributed by atoms with Crippen molar-refractivity contribution in [1.29, 1.82) is 0 Å². The van der Waals surface area contributed by atoms with Crippen LogP contribution in [0.25, 0.3) is 99.4 Å². The smallest absolute Gasteiger partial charge is 0.227 e. The third-order valence-electron chi connectivity index (χ3n) is 11.9. The highest BCUT2D eigenvalue weighted by Crippen LogP contribution is 2.46. The molecule has 286 valence electrons. The van der Waals surface area contributed by atoms with Crippen LogP contribution in [0.4, 0.5) is 17.1 Å². The molecule has 0 spiro atoms. The lowest BCUT2D eigenvalue weighted by Crippen LogP contribution is -2.09. The number of para-hydroxylation sites is 2. The van der Waals surface area contributed by atoms with E-state index in [4.69, 9.17) is 13.8 Å². The molecule has 10 aromatic carbocycles. The molecule has 2 heterocycles.